The molecule has 0 bridgehead atoms. The van der Waals surface area contributed by atoms with Crippen molar-refractivity contribution < 1.29 is 9.59 Å². The average Bonchev–Trinajstić information content (AvgIpc) is 2.92. The second kappa shape index (κ2) is 6.70. The second-order valence-corrected chi connectivity index (χ2v) is 8.58. The molecule has 5 heteroatoms. The lowest BCUT2D eigenvalue weighted by Gasteiger charge is -2.39. The number of nitrogens with zero attached hydrogens (tertiary/aromatic N) is 1. The highest BCUT2D eigenvalue weighted by Gasteiger charge is 2.42. The topological polar surface area (TPSA) is 61.4 Å². The predicted octanol–water partition coefficient (Wildman–Crippen LogP) is 2.80. The number of hydrogen-bond donors (Lipinski definition) is 2. The van der Waals surface area contributed by atoms with Crippen LogP contribution in [-0.2, 0) is 16.8 Å². The van der Waals surface area contributed by atoms with E-state index in [1.807, 2.05) is 4.90 Å². The van der Waals surface area contributed by atoms with Gasteiger partial charge in [-0.2, -0.15) is 0 Å². The highest BCUT2D eigenvalue weighted by molar-refractivity contribution is 5.80. The first-order chi connectivity index (χ1) is 11.8. The van der Waals surface area contributed by atoms with E-state index in [2.05, 4.69) is 55.7 Å². The molecule has 2 aliphatic heterocycles. The van der Waals surface area contributed by atoms with Gasteiger partial charge in [-0.25, -0.2) is 4.79 Å². The summed E-state index contributed by atoms with van der Waals surface area (Å²) in [5.41, 5.74) is 2.47. The van der Waals surface area contributed by atoms with Crippen LogP contribution in [0.5, 0.6) is 0 Å². The summed E-state index contributed by atoms with van der Waals surface area (Å²) in [5, 5.41) is 5.94. The van der Waals surface area contributed by atoms with Crippen LogP contribution in [0.15, 0.2) is 24.3 Å². The van der Waals surface area contributed by atoms with Crippen LogP contribution >= 0.6 is 0 Å². The van der Waals surface area contributed by atoms with Crippen molar-refractivity contribution >= 4 is 11.9 Å². The van der Waals surface area contributed by atoms with Crippen molar-refractivity contribution in [2.24, 2.45) is 5.41 Å². The largest absolute Gasteiger partial charge is 0.355 e. The van der Waals surface area contributed by atoms with Crippen LogP contribution in [-0.4, -0.2) is 36.5 Å². The lowest BCUT2D eigenvalue weighted by Crippen LogP contribution is -2.50. The number of carbonyl (C=O) groups is 2. The molecule has 0 radical (unpaired) electrons. The third-order valence-corrected chi connectivity index (χ3v) is 5.41. The Kier molecular flexibility index (Phi) is 4.76. The van der Waals surface area contributed by atoms with E-state index < -0.39 is 0 Å². The number of carbonyl (C=O) groups excluding carboxylic acids is 2. The SMILES string of the molecule is CC(C)(C)c1ccc(CNC(=O)N2CCC[C@]3(CNC(=O)C3)C2)cc1. The van der Waals surface area contributed by atoms with Gasteiger partial charge in [0.05, 0.1) is 0 Å². The summed E-state index contributed by atoms with van der Waals surface area (Å²) in [7, 11) is 0. The number of nitrogens with one attached hydrogen (secondary N) is 2. The van der Waals surface area contributed by atoms with E-state index in [-0.39, 0.29) is 22.8 Å². The zero-order valence-corrected chi connectivity index (χ0v) is 15.5. The molecule has 1 aromatic rings. The zero-order valence-electron chi connectivity index (χ0n) is 15.5. The number of urea groups is 1. The molecule has 3 rings (SSSR count). The molecule has 2 aliphatic rings. The van der Waals surface area contributed by atoms with E-state index in [0.717, 1.165) is 24.9 Å². The molecule has 2 N–H and O–H groups in total. The molecule has 3 amide bonds. The van der Waals surface area contributed by atoms with Crippen molar-refractivity contribution in [3.8, 4) is 0 Å². The van der Waals surface area contributed by atoms with Gasteiger partial charge in [-0.3, -0.25) is 4.79 Å². The smallest absolute Gasteiger partial charge is 0.317 e. The van der Waals surface area contributed by atoms with E-state index in [1.165, 1.54) is 5.56 Å². The third-order valence-electron chi connectivity index (χ3n) is 5.41. The first-order valence-corrected chi connectivity index (χ1v) is 9.16. The van der Waals surface area contributed by atoms with Gasteiger partial charge in [-0.15, -0.1) is 0 Å². The minimum Gasteiger partial charge on any atom is -0.355 e. The van der Waals surface area contributed by atoms with Crippen LogP contribution in [0, 0.1) is 5.41 Å². The fourth-order valence-electron chi connectivity index (χ4n) is 3.83. The number of piperidine rings is 1. The summed E-state index contributed by atoms with van der Waals surface area (Å²) >= 11 is 0. The lowest BCUT2D eigenvalue weighted by molar-refractivity contribution is -0.119. The van der Waals surface area contributed by atoms with Crippen molar-refractivity contribution in [2.45, 2.75) is 52.0 Å². The highest BCUT2D eigenvalue weighted by Crippen LogP contribution is 2.36. The van der Waals surface area contributed by atoms with Gasteiger partial charge in [0, 0.05) is 38.0 Å². The van der Waals surface area contributed by atoms with Gasteiger partial charge in [0.1, 0.15) is 0 Å². The second-order valence-electron chi connectivity index (χ2n) is 8.58. The van der Waals surface area contributed by atoms with Crippen molar-refractivity contribution in [3.63, 3.8) is 0 Å². The van der Waals surface area contributed by atoms with E-state index in [1.54, 1.807) is 0 Å². The van der Waals surface area contributed by atoms with Crippen molar-refractivity contribution in [3.05, 3.63) is 35.4 Å². The molecule has 25 heavy (non-hydrogen) atoms. The van der Waals surface area contributed by atoms with Gasteiger partial charge < -0.3 is 15.5 Å². The maximum atomic E-state index is 12.5. The molecular weight excluding hydrogens is 314 g/mol. The van der Waals surface area contributed by atoms with Crippen LogP contribution in [0.1, 0.15) is 51.2 Å². The average molecular weight is 343 g/mol. The molecule has 1 atom stereocenters. The Labute approximate surface area is 150 Å². The molecule has 1 aromatic carbocycles. The van der Waals surface area contributed by atoms with Crippen LogP contribution in [0.25, 0.3) is 0 Å². The summed E-state index contributed by atoms with van der Waals surface area (Å²) in [6.07, 6.45) is 2.53. The molecular formula is C20H29N3O2. The Morgan fingerprint density at radius 1 is 1.28 bits per heavy atom. The zero-order chi connectivity index (χ0) is 18.1. The van der Waals surface area contributed by atoms with Crippen LogP contribution in [0.2, 0.25) is 0 Å². The molecule has 2 saturated heterocycles. The minimum atomic E-state index is -0.0545. The number of likely N-dealkylation sites (tertiary alicyclic amines) is 1. The normalized spacial score (nSPS) is 23.6. The first kappa shape index (κ1) is 17.8. The van der Waals surface area contributed by atoms with Gasteiger partial charge in [-0.05, 0) is 29.4 Å². The maximum absolute atomic E-state index is 12.5. The van der Waals surface area contributed by atoms with Crippen LogP contribution < -0.4 is 10.6 Å². The standard InChI is InChI=1S/C20H29N3O2/c1-19(2,3)16-7-5-15(6-8-16)12-21-18(25)23-10-4-9-20(14-23)11-17(24)22-13-20/h5-8H,4,9-14H2,1-3H3,(H,21,25)(H,22,24)/t20-/m0/s1. The third kappa shape index (κ3) is 4.14. The molecule has 0 aromatic heterocycles. The monoisotopic (exact) mass is 343 g/mol. The molecule has 1 spiro atoms. The van der Waals surface area contributed by atoms with E-state index in [4.69, 9.17) is 0 Å². The Morgan fingerprint density at radius 2 is 2.00 bits per heavy atom. The van der Waals surface area contributed by atoms with Gasteiger partial charge in [0.25, 0.3) is 0 Å². The summed E-state index contributed by atoms with van der Waals surface area (Å²) in [4.78, 5) is 26.0. The summed E-state index contributed by atoms with van der Waals surface area (Å²) in [6, 6.07) is 8.40. The summed E-state index contributed by atoms with van der Waals surface area (Å²) in [6.45, 7) is 9.24. The Balaban J connectivity index is 1.55. The summed E-state index contributed by atoms with van der Waals surface area (Å²) in [5.74, 6) is 0.112. The first-order valence-electron chi connectivity index (χ1n) is 9.16. The lowest BCUT2D eigenvalue weighted by atomic mass is 9.79. The number of benzene rings is 1. The van der Waals surface area contributed by atoms with Crippen LogP contribution in [0.3, 0.4) is 0 Å². The quantitative estimate of drug-likeness (QED) is 0.867. The van der Waals surface area contributed by atoms with E-state index in [9.17, 15) is 9.59 Å². The molecule has 136 valence electrons. The van der Waals surface area contributed by atoms with Gasteiger partial charge >= 0.3 is 6.03 Å². The molecule has 0 unspecified atom stereocenters. The van der Waals surface area contributed by atoms with Gasteiger partial charge in [0.2, 0.25) is 5.91 Å². The van der Waals surface area contributed by atoms with Crippen molar-refractivity contribution in [2.75, 3.05) is 19.6 Å². The number of hydrogen-bond acceptors (Lipinski definition) is 2. The summed E-state index contributed by atoms with van der Waals surface area (Å²) < 4.78 is 0. The minimum absolute atomic E-state index is 0.0293. The Hall–Kier alpha value is -2.04. The fraction of sp³-hybridized carbons (Fsp3) is 0.600. The Morgan fingerprint density at radius 3 is 2.60 bits per heavy atom. The van der Waals surface area contributed by atoms with Crippen molar-refractivity contribution in [1.29, 1.82) is 0 Å². The predicted molar refractivity (Wildman–Crippen MR) is 98.2 cm³/mol. The highest BCUT2D eigenvalue weighted by atomic mass is 16.2. The van der Waals surface area contributed by atoms with Crippen LogP contribution in [0.4, 0.5) is 4.79 Å². The fourth-order valence-corrected chi connectivity index (χ4v) is 3.83. The number of amides is 3. The molecule has 0 aliphatic carbocycles. The van der Waals surface area contributed by atoms with Gasteiger partial charge in [-0.1, -0.05) is 45.0 Å². The maximum Gasteiger partial charge on any atom is 0.317 e. The molecule has 5 nitrogen and oxygen atoms in total. The van der Waals surface area contributed by atoms with Crippen molar-refractivity contribution in [1.82, 2.24) is 15.5 Å². The Bertz CT molecular complexity index is 648. The number of rotatable bonds is 2. The molecule has 0 saturated carbocycles. The van der Waals surface area contributed by atoms with E-state index >= 15 is 0 Å². The van der Waals surface area contributed by atoms with Gasteiger partial charge in [0.15, 0.2) is 0 Å². The van der Waals surface area contributed by atoms with E-state index in [0.29, 0.717) is 26.1 Å². The molecule has 2 fully saturated rings. The molecule has 2 heterocycles.